The van der Waals surface area contributed by atoms with Gasteiger partial charge < -0.3 is 5.11 Å². The summed E-state index contributed by atoms with van der Waals surface area (Å²) < 4.78 is 0. The van der Waals surface area contributed by atoms with Gasteiger partial charge in [0, 0.05) is 11.6 Å². The van der Waals surface area contributed by atoms with Gasteiger partial charge in [-0.25, -0.2) is 4.98 Å². The van der Waals surface area contributed by atoms with Gasteiger partial charge in [-0.3, -0.25) is 0 Å². The molecule has 1 rings (SSSR count). The number of aliphatic hydroxyl groups excluding tert-OH is 1. The van der Waals surface area contributed by atoms with Crippen molar-refractivity contribution >= 4 is 11.3 Å². The van der Waals surface area contributed by atoms with Crippen LogP contribution in [0.1, 0.15) is 31.9 Å². The molecule has 0 radical (unpaired) electrons. The van der Waals surface area contributed by atoms with E-state index in [4.69, 9.17) is 5.11 Å². The quantitative estimate of drug-likeness (QED) is 0.681. The third-order valence-corrected chi connectivity index (χ3v) is 1.75. The number of aromatic nitrogens is 1. The molecule has 0 saturated heterocycles. The van der Waals surface area contributed by atoms with Crippen molar-refractivity contribution in [1.29, 1.82) is 0 Å². The molecule has 58 valence electrons. The lowest BCUT2D eigenvalue weighted by molar-refractivity contribution is 0.199. The Kier molecular flexibility index (Phi) is 5.16. The molecule has 1 atom stereocenters. The average Bonchev–Trinajstić information content (AvgIpc) is 2.42. The molecule has 0 bridgehead atoms. The van der Waals surface area contributed by atoms with Crippen LogP contribution in [0, 0.1) is 0 Å². The van der Waals surface area contributed by atoms with Crippen molar-refractivity contribution in [2.75, 3.05) is 0 Å². The summed E-state index contributed by atoms with van der Waals surface area (Å²) in [6, 6.07) is 0. The standard InChI is InChI=1S/C5H7NOS.C2H6/c1-4(7)5-6-2-3-8-5;1-2/h2-4,7H,1H3;1-2H3. The third-order valence-electron chi connectivity index (χ3n) is 0.809. The lowest BCUT2D eigenvalue weighted by Gasteiger charge is -1.93. The molecule has 0 aromatic carbocycles. The Balaban J connectivity index is 0.000000371. The van der Waals surface area contributed by atoms with Crippen LogP contribution >= 0.6 is 11.3 Å². The van der Waals surface area contributed by atoms with Crippen LogP contribution in [0.5, 0.6) is 0 Å². The van der Waals surface area contributed by atoms with Crippen LogP contribution in [-0.2, 0) is 0 Å². The second-order valence-electron chi connectivity index (χ2n) is 1.55. The second kappa shape index (κ2) is 5.38. The zero-order valence-corrected chi connectivity index (χ0v) is 7.35. The normalized spacial score (nSPS) is 11.6. The maximum Gasteiger partial charge on any atom is 0.121 e. The zero-order chi connectivity index (χ0) is 7.98. The molecule has 1 N–H and O–H groups in total. The first-order valence-electron chi connectivity index (χ1n) is 3.38. The van der Waals surface area contributed by atoms with Crippen molar-refractivity contribution in [1.82, 2.24) is 4.98 Å². The summed E-state index contributed by atoms with van der Waals surface area (Å²) in [5, 5.41) is 11.5. The van der Waals surface area contributed by atoms with Crippen LogP contribution in [0.3, 0.4) is 0 Å². The lowest BCUT2D eigenvalue weighted by Crippen LogP contribution is -1.86. The van der Waals surface area contributed by atoms with Crippen LogP contribution in [0.25, 0.3) is 0 Å². The fraction of sp³-hybridized carbons (Fsp3) is 0.571. The van der Waals surface area contributed by atoms with E-state index in [9.17, 15) is 0 Å². The highest BCUT2D eigenvalue weighted by molar-refractivity contribution is 7.09. The van der Waals surface area contributed by atoms with Crippen molar-refractivity contribution in [3.05, 3.63) is 16.6 Å². The van der Waals surface area contributed by atoms with Gasteiger partial charge in [-0.05, 0) is 6.92 Å². The second-order valence-corrected chi connectivity index (χ2v) is 2.47. The predicted molar refractivity (Wildman–Crippen MR) is 44.1 cm³/mol. The first kappa shape index (κ1) is 9.59. The molecular formula is C7H13NOS. The Hall–Kier alpha value is -0.410. The highest BCUT2D eigenvalue weighted by atomic mass is 32.1. The van der Waals surface area contributed by atoms with Gasteiger partial charge in [0.25, 0.3) is 0 Å². The number of nitrogens with zero attached hydrogens (tertiary/aromatic N) is 1. The number of thiazole rings is 1. The molecule has 0 aliphatic carbocycles. The Bertz CT molecular complexity index is 149. The van der Waals surface area contributed by atoms with E-state index < -0.39 is 6.10 Å². The summed E-state index contributed by atoms with van der Waals surface area (Å²) in [5.41, 5.74) is 0. The van der Waals surface area contributed by atoms with E-state index in [0.717, 1.165) is 5.01 Å². The summed E-state index contributed by atoms with van der Waals surface area (Å²) in [4.78, 5) is 3.88. The lowest BCUT2D eigenvalue weighted by atomic mass is 10.4. The molecule has 3 heteroatoms. The first-order valence-corrected chi connectivity index (χ1v) is 4.26. The summed E-state index contributed by atoms with van der Waals surface area (Å²) in [6.45, 7) is 5.71. The number of aliphatic hydroxyl groups is 1. The maximum atomic E-state index is 8.86. The van der Waals surface area contributed by atoms with Crippen molar-refractivity contribution in [3.63, 3.8) is 0 Å². The van der Waals surface area contributed by atoms with Crippen LogP contribution in [0.4, 0.5) is 0 Å². The van der Waals surface area contributed by atoms with Crippen molar-refractivity contribution in [3.8, 4) is 0 Å². The van der Waals surface area contributed by atoms with Crippen LogP contribution < -0.4 is 0 Å². The first-order chi connectivity index (χ1) is 4.80. The Morgan fingerprint density at radius 3 is 2.40 bits per heavy atom. The van der Waals surface area contributed by atoms with Gasteiger partial charge in [0.05, 0.1) is 0 Å². The molecule has 0 aliphatic rings. The minimum atomic E-state index is -0.407. The molecular weight excluding hydrogens is 146 g/mol. The predicted octanol–water partition coefficient (Wildman–Crippen LogP) is 2.22. The van der Waals surface area contributed by atoms with Gasteiger partial charge in [-0.15, -0.1) is 11.3 Å². The van der Waals surface area contributed by atoms with Gasteiger partial charge >= 0.3 is 0 Å². The molecule has 10 heavy (non-hydrogen) atoms. The van der Waals surface area contributed by atoms with E-state index in [0.29, 0.717) is 0 Å². The smallest absolute Gasteiger partial charge is 0.121 e. The molecule has 1 aromatic rings. The minimum Gasteiger partial charge on any atom is -0.386 e. The number of rotatable bonds is 1. The highest BCUT2D eigenvalue weighted by Crippen LogP contribution is 2.12. The third kappa shape index (κ3) is 2.94. The molecule has 0 spiro atoms. The largest absolute Gasteiger partial charge is 0.386 e. The fourth-order valence-electron chi connectivity index (χ4n) is 0.441. The Morgan fingerprint density at radius 2 is 2.20 bits per heavy atom. The van der Waals surface area contributed by atoms with Gasteiger partial charge in [-0.1, -0.05) is 13.8 Å². The van der Waals surface area contributed by atoms with Gasteiger partial charge in [0.1, 0.15) is 11.1 Å². The van der Waals surface area contributed by atoms with Gasteiger partial charge in [0.2, 0.25) is 0 Å². The van der Waals surface area contributed by atoms with E-state index in [1.54, 1.807) is 13.1 Å². The monoisotopic (exact) mass is 159 g/mol. The van der Waals surface area contributed by atoms with Crippen molar-refractivity contribution in [2.24, 2.45) is 0 Å². The zero-order valence-electron chi connectivity index (χ0n) is 6.53. The maximum absolute atomic E-state index is 8.86. The SMILES string of the molecule is CC.CC(O)c1nccs1. The Labute approximate surface area is 65.6 Å². The summed E-state index contributed by atoms with van der Waals surface area (Å²) >= 11 is 1.47. The summed E-state index contributed by atoms with van der Waals surface area (Å²) in [7, 11) is 0. The molecule has 0 fully saturated rings. The summed E-state index contributed by atoms with van der Waals surface area (Å²) in [5.74, 6) is 0. The molecule has 0 amide bonds. The minimum absolute atomic E-state index is 0.407. The van der Waals surface area contributed by atoms with Crippen molar-refractivity contribution in [2.45, 2.75) is 26.9 Å². The van der Waals surface area contributed by atoms with Gasteiger partial charge in [0.15, 0.2) is 0 Å². The van der Waals surface area contributed by atoms with E-state index in [-0.39, 0.29) is 0 Å². The summed E-state index contributed by atoms with van der Waals surface area (Å²) in [6.07, 6.45) is 1.28. The molecule has 1 unspecified atom stereocenters. The fourth-order valence-corrected chi connectivity index (χ4v) is 1.02. The molecule has 1 heterocycles. The van der Waals surface area contributed by atoms with E-state index in [1.807, 2.05) is 19.2 Å². The number of hydrogen-bond donors (Lipinski definition) is 1. The molecule has 1 aromatic heterocycles. The van der Waals surface area contributed by atoms with Crippen LogP contribution in [0.15, 0.2) is 11.6 Å². The van der Waals surface area contributed by atoms with Crippen LogP contribution in [-0.4, -0.2) is 10.1 Å². The molecule has 0 saturated carbocycles. The van der Waals surface area contributed by atoms with E-state index in [1.165, 1.54) is 11.3 Å². The van der Waals surface area contributed by atoms with Crippen LogP contribution in [0.2, 0.25) is 0 Å². The topological polar surface area (TPSA) is 33.1 Å². The molecule has 0 aliphatic heterocycles. The van der Waals surface area contributed by atoms with Gasteiger partial charge in [-0.2, -0.15) is 0 Å². The average molecular weight is 159 g/mol. The van der Waals surface area contributed by atoms with E-state index in [2.05, 4.69) is 4.98 Å². The number of hydrogen-bond acceptors (Lipinski definition) is 3. The van der Waals surface area contributed by atoms with E-state index >= 15 is 0 Å². The highest BCUT2D eigenvalue weighted by Gasteiger charge is 1.99. The molecule has 2 nitrogen and oxygen atoms in total. The Morgan fingerprint density at radius 1 is 1.60 bits per heavy atom. The van der Waals surface area contributed by atoms with Crippen molar-refractivity contribution < 1.29 is 5.11 Å².